The quantitative estimate of drug-likeness (QED) is 0.895. The molecule has 1 fully saturated rings. The average Bonchev–Trinajstić information content (AvgIpc) is 2.68. The van der Waals surface area contributed by atoms with Crippen LogP contribution in [0.4, 0.5) is 5.69 Å². The molecule has 1 aromatic rings. The third kappa shape index (κ3) is 3.36. The minimum atomic E-state index is -0.182. The van der Waals surface area contributed by atoms with Crippen molar-refractivity contribution in [3.63, 3.8) is 0 Å². The van der Waals surface area contributed by atoms with Crippen molar-refractivity contribution < 1.29 is 0 Å². The zero-order valence-electron chi connectivity index (χ0n) is 10.7. The zero-order chi connectivity index (χ0) is 12.5. The molecule has 2 nitrogen and oxygen atoms in total. The van der Waals surface area contributed by atoms with Crippen molar-refractivity contribution >= 4 is 17.3 Å². The summed E-state index contributed by atoms with van der Waals surface area (Å²) in [5.41, 5.74) is 8.22. The van der Waals surface area contributed by atoms with Crippen LogP contribution >= 0.6 is 11.6 Å². The topological polar surface area (TPSA) is 29.3 Å². The highest BCUT2D eigenvalue weighted by Gasteiger charge is 2.17. The average molecular weight is 253 g/mol. The minimum Gasteiger partial charge on any atom is -0.370 e. The van der Waals surface area contributed by atoms with Crippen LogP contribution in [0.25, 0.3) is 0 Å². The van der Waals surface area contributed by atoms with Crippen molar-refractivity contribution in [2.75, 3.05) is 18.0 Å². The van der Waals surface area contributed by atoms with Gasteiger partial charge in [0.1, 0.15) is 0 Å². The number of benzene rings is 1. The Morgan fingerprint density at radius 2 is 1.94 bits per heavy atom. The monoisotopic (exact) mass is 252 g/mol. The first-order valence-electron chi connectivity index (χ1n) is 6.28. The van der Waals surface area contributed by atoms with Gasteiger partial charge in [0.25, 0.3) is 0 Å². The van der Waals surface area contributed by atoms with Gasteiger partial charge in [-0.2, -0.15) is 0 Å². The predicted octanol–water partition coefficient (Wildman–Crippen LogP) is 3.22. The summed E-state index contributed by atoms with van der Waals surface area (Å²) in [6, 6.07) is 6.34. The van der Waals surface area contributed by atoms with Crippen LogP contribution in [-0.4, -0.2) is 18.6 Å². The third-order valence-corrected chi connectivity index (χ3v) is 3.42. The van der Waals surface area contributed by atoms with Gasteiger partial charge in [0, 0.05) is 18.6 Å². The van der Waals surface area contributed by atoms with E-state index in [1.807, 2.05) is 13.8 Å². The van der Waals surface area contributed by atoms with Crippen molar-refractivity contribution in [1.82, 2.24) is 0 Å². The smallest absolute Gasteiger partial charge is 0.0642 e. The summed E-state index contributed by atoms with van der Waals surface area (Å²) >= 11 is 6.36. The lowest BCUT2D eigenvalue weighted by Gasteiger charge is -2.22. The van der Waals surface area contributed by atoms with Gasteiger partial charge in [-0.1, -0.05) is 17.7 Å². The Labute approximate surface area is 109 Å². The molecule has 0 atom stereocenters. The van der Waals surface area contributed by atoms with E-state index in [9.17, 15) is 0 Å². The molecule has 1 aromatic carbocycles. The fourth-order valence-corrected chi connectivity index (χ4v) is 2.72. The minimum absolute atomic E-state index is 0.182. The van der Waals surface area contributed by atoms with Gasteiger partial charge in [0.05, 0.1) is 10.7 Å². The maximum absolute atomic E-state index is 6.36. The van der Waals surface area contributed by atoms with E-state index in [1.54, 1.807) is 0 Å². The Kier molecular flexibility index (Phi) is 3.64. The van der Waals surface area contributed by atoms with E-state index in [0.717, 1.165) is 24.5 Å². The van der Waals surface area contributed by atoms with Gasteiger partial charge in [0.15, 0.2) is 0 Å². The summed E-state index contributed by atoms with van der Waals surface area (Å²) in [4.78, 5) is 2.36. The van der Waals surface area contributed by atoms with Crippen LogP contribution in [0.1, 0.15) is 32.3 Å². The molecule has 1 aliphatic heterocycles. The summed E-state index contributed by atoms with van der Waals surface area (Å²) in [7, 11) is 0. The molecule has 3 heteroatoms. The Hall–Kier alpha value is -0.730. The number of anilines is 1. The lowest BCUT2D eigenvalue weighted by Crippen LogP contribution is -2.34. The van der Waals surface area contributed by atoms with Gasteiger partial charge < -0.3 is 10.6 Å². The highest BCUT2D eigenvalue weighted by atomic mass is 35.5. The summed E-state index contributed by atoms with van der Waals surface area (Å²) in [5, 5.41) is 0.855. The second kappa shape index (κ2) is 4.87. The Bertz CT molecular complexity index is 390. The molecule has 0 aromatic heterocycles. The molecular formula is C14H21ClN2. The molecular weight excluding hydrogens is 232 g/mol. The highest BCUT2D eigenvalue weighted by molar-refractivity contribution is 6.33. The largest absolute Gasteiger partial charge is 0.370 e. The molecule has 17 heavy (non-hydrogen) atoms. The number of halogens is 1. The number of hydrogen-bond donors (Lipinski definition) is 1. The van der Waals surface area contributed by atoms with Gasteiger partial charge in [-0.15, -0.1) is 0 Å². The van der Waals surface area contributed by atoms with Crippen LogP contribution in [0.15, 0.2) is 18.2 Å². The molecule has 1 heterocycles. The first-order chi connectivity index (χ1) is 7.96. The number of nitrogens with zero attached hydrogens (tertiary/aromatic N) is 1. The van der Waals surface area contributed by atoms with Crippen molar-refractivity contribution in [2.24, 2.45) is 5.73 Å². The first-order valence-corrected chi connectivity index (χ1v) is 6.66. The normalized spacial score (nSPS) is 16.6. The molecule has 0 radical (unpaired) electrons. The Morgan fingerprint density at radius 3 is 2.47 bits per heavy atom. The second-order valence-electron chi connectivity index (χ2n) is 5.65. The van der Waals surface area contributed by atoms with Crippen LogP contribution in [0, 0.1) is 0 Å². The number of hydrogen-bond acceptors (Lipinski definition) is 2. The molecule has 0 unspecified atom stereocenters. The Balaban J connectivity index is 2.16. The molecule has 0 aliphatic carbocycles. The molecule has 94 valence electrons. The van der Waals surface area contributed by atoms with Crippen LogP contribution < -0.4 is 10.6 Å². The molecule has 1 saturated heterocycles. The van der Waals surface area contributed by atoms with Crippen molar-refractivity contribution in [3.05, 3.63) is 28.8 Å². The summed E-state index contributed by atoms with van der Waals surface area (Å²) in [5.74, 6) is 0. The first kappa shape index (κ1) is 12.7. The van der Waals surface area contributed by atoms with E-state index >= 15 is 0 Å². The molecule has 0 saturated carbocycles. The predicted molar refractivity (Wildman–Crippen MR) is 74.9 cm³/mol. The fraction of sp³-hybridized carbons (Fsp3) is 0.571. The van der Waals surface area contributed by atoms with E-state index in [1.165, 1.54) is 24.1 Å². The summed E-state index contributed by atoms with van der Waals surface area (Å²) in [6.07, 6.45) is 3.40. The second-order valence-corrected chi connectivity index (χ2v) is 6.05. The van der Waals surface area contributed by atoms with Gasteiger partial charge in [-0.05, 0) is 50.8 Å². The molecule has 0 bridgehead atoms. The van der Waals surface area contributed by atoms with Crippen molar-refractivity contribution in [2.45, 2.75) is 38.6 Å². The molecule has 0 spiro atoms. The lowest BCUT2D eigenvalue weighted by atomic mass is 9.96. The van der Waals surface area contributed by atoms with E-state index in [4.69, 9.17) is 17.3 Å². The van der Waals surface area contributed by atoms with Gasteiger partial charge in [-0.25, -0.2) is 0 Å². The zero-order valence-corrected chi connectivity index (χ0v) is 11.4. The molecule has 2 rings (SSSR count). The lowest BCUT2D eigenvalue weighted by molar-refractivity contribution is 0.517. The van der Waals surface area contributed by atoms with E-state index in [2.05, 4.69) is 23.1 Å². The van der Waals surface area contributed by atoms with Crippen LogP contribution in [0.2, 0.25) is 5.02 Å². The van der Waals surface area contributed by atoms with Crippen LogP contribution in [0.3, 0.4) is 0 Å². The highest BCUT2D eigenvalue weighted by Crippen LogP contribution is 2.30. The number of rotatable bonds is 3. The van der Waals surface area contributed by atoms with Crippen molar-refractivity contribution in [3.8, 4) is 0 Å². The summed E-state index contributed by atoms with van der Waals surface area (Å²) < 4.78 is 0. The third-order valence-electron chi connectivity index (χ3n) is 3.12. The molecule has 0 amide bonds. The standard InChI is InChI=1S/C14H21ClN2/c1-14(2,16)10-11-5-6-13(12(15)9-11)17-7-3-4-8-17/h5-6,9H,3-4,7-8,10,16H2,1-2H3. The van der Waals surface area contributed by atoms with Gasteiger partial charge in [0.2, 0.25) is 0 Å². The van der Waals surface area contributed by atoms with Gasteiger partial charge in [-0.3, -0.25) is 0 Å². The van der Waals surface area contributed by atoms with Crippen molar-refractivity contribution in [1.29, 1.82) is 0 Å². The maximum Gasteiger partial charge on any atom is 0.0642 e. The van der Waals surface area contributed by atoms with Crippen LogP contribution in [0.5, 0.6) is 0 Å². The van der Waals surface area contributed by atoms with E-state index in [0.29, 0.717) is 0 Å². The fourth-order valence-electron chi connectivity index (χ4n) is 2.40. The van der Waals surface area contributed by atoms with Gasteiger partial charge >= 0.3 is 0 Å². The molecule has 2 N–H and O–H groups in total. The maximum atomic E-state index is 6.36. The number of nitrogens with two attached hydrogens (primary N) is 1. The van der Waals surface area contributed by atoms with Crippen LogP contribution in [-0.2, 0) is 6.42 Å². The summed E-state index contributed by atoms with van der Waals surface area (Å²) in [6.45, 7) is 6.33. The molecule has 1 aliphatic rings. The Morgan fingerprint density at radius 1 is 1.29 bits per heavy atom. The van der Waals surface area contributed by atoms with E-state index in [-0.39, 0.29) is 5.54 Å². The van der Waals surface area contributed by atoms with E-state index < -0.39 is 0 Å². The SMILES string of the molecule is CC(C)(N)Cc1ccc(N2CCCC2)c(Cl)c1.